The molecule has 1 heterocycles. The van der Waals surface area contributed by atoms with E-state index in [0.717, 1.165) is 11.1 Å². The van der Waals surface area contributed by atoms with E-state index in [2.05, 4.69) is 10.3 Å². The number of carboxylic acids is 1. The highest BCUT2D eigenvalue weighted by Crippen LogP contribution is 2.35. The molecule has 2 aromatic rings. The third-order valence-corrected chi connectivity index (χ3v) is 4.38. The van der Waals surface area contributed by atoms with Gasteiger partial charge in [-0.3, -0.25) is 14.6 Å². The molecular formula is C18H18N2O3. The number of carbonyl (C=O) groups is 2. The number of nitrogens with one attached hydrogen (secondary N) is 1. The molecule has 1 saturated carbocycles. The second-order valence-corrected chi connectivity index (χ2v) is 5.84. The van der Waals surface area contributed by atoms with E-state index >= 15 is 0 Å². The van der Waals surface area contributed by atoms with Crippen LogP contribution in [-0.4, -0.2) is 22.0 Å². The predicted molar refractivity (Wildman–Crippen MR) is 86.9 cm³/mol. The Morgan fingerprint density at radius 1 is 1.13 bits per heavy atom. The molecular weight excluding hydrogens is 292 g/mol. The number of aliphatic carboxylic acids is 1. The number of nitrogens with zero attached hydrogens (tertiary/aromatic N) is 1. The van der Waals surface area contributed by atoms with Crippen molar-refractivity contribution in [3.05, 3.63) is 48.3 Å². The van der Waals surface area contributed by atoms with E-state index in [1.165, 1.54) is 0 Å². The van der Waals surface area contributed by atoms with Gasteiger partial charge in [-0.05, 0) is 31.4 Å². The summed E-state index contributed by atoms with van der Waals surface area (Å²) in [6, 6.07) is 11.7. The molecule has 1 aromatic heterocycles. The molecule has 0 unspecified atom stereocenters. The largest absolute Gasteiger partial charge is 0.481 e. The highest BCUT2D eigenvalue weighted by molar-refractivity contribution is 5.96. The number of benzene rings is 1. The molecule has 0 bridgehead atoms. The Morgan fingerprint density at radius 3 is 2.43 bits per heavy atom. The van der Waals surface area contributed by atoms with E-state index in [0.29, 0.717) is 24.2 Å². The lowest BCUT2D eigenvalue weighted by Crippen LogP contribution is -2.41. The minimum absolute atomic E-state index is 0.237. The monoisotopic (exact) mass is 310 g/mol. The number of aromatic nitrogens is 1. The van der Waals surface area contributed by atoms with Crippen molar-refractivity contribution in [3.63, 3.8) is 0 Å². The van der Waals surface area contributed by atoms with Gasteiger partial charge in [-0.15, -0.1) is 0 Å². The molecule has 2 atom stereocenters. The molecule has 1 amide bonds. The highest BCUT2D eigenvalue weighted by Gasteiger charge is 2.41. The number of anilines is 1. The molecule has 0 spiro atoms. The van der Waals surface area contributed by atoms with Crippen molar-refractivity contribution in [2.24, 2.45) is 11.8 Å². The highest BCUT2D eigenvalue weighted by atomic mass is 16.4. The standard InChI is InChI=1S/C18H18N2O3/c1-11-16(20-17(21)14-7-8-15(14)18(22)23)9-13(10-19-11)12-5-3-2-4-6-12/h2-6,9-10,14-15H,7-8H2,1H3,(H,20,21)(H,22,23)/t14-,15+/m1/s1. The zero-order chi connectivity index (χ0) is 16.4. The van der Waals surface area contributed by atoms with Crippen LogP contribution >= 0.6 is 0 Å². The molecule has 118 valence electrons. The van der Waals surface area contributed by atoms with Crippen molar-refractivity contribution >= 4 is 17.6 Å². The summed E-state index contributed by atoms with van der Waals surface area (Å²) in [5, 5.41) is 11.9. The van der Waals surface area contributed by atoms with Crippen LogP contribution in [0.3, 0.4) is 0 Å². The Bertz CT molecular complexity index is 743. The fourth-order valence-electron chi connectivity index (χ4n) is 2.78. The van der Waals surface area contributed by atoms with Crippen LogP contribution in [0.25, 0.3) is 11.1 Å². The van der Waals surface area contributed by atoms with E-state index in [9.17, 15) is 9.59 Å². The first-order chi connectivity index (χ1) is 11.1. The third kappa shape index (κ3) is 3.08. The quantitative estimate of drug-likeness (QED) is 0.909. The Balaban J connectivity index is 1.80. The molecule has 23 heavy (non-hydrogen) atoms. The second-order valence-electron chi connectivity index (χ2n) is 5.84. The van der Waals surface area contributed by atoms with Gasteiger partial charge in [-0.25, -0.2) is 0 Å². The van der Waals surface area contributed by atoms with E-state index in [1.807, 2.05) is 43.3 Å². The Hall–Kier alpha value is -2.69. The van der Waals surface area contributed by atoms with Gasteiger partial charge in [0.25, 0.3) is 0 Å². The normalized spacial score (nSPS) is 19.7. The molecule has 0 radical (unpaired) electrons. The van der Waals surface area contributed by atoms with Gasteiger partial charge < -0.3 is 10.4 Å². The molecule has 3 rings (SSSR count). The molecule has 1 aliphatic carbocycles. The van der Waals surface area contributed by atoms with Crippen molar-refractivity contribution in [1.29, 1.82) is 0 Å². The lowest BCUT2D eigenvalue weighted by atomic mass is 9.73. The van der Waals surface area contributed by atoms with Gasteiger partial charge in [0, 0.05) is 11.8 Å². The molecule has 5 heteroatoms. The van der Waals surface area contributed by atoms with Gasteiger partial charge in [-0.1, -0.05) is 30.3 Å². The number of hydrogen-bond acceptors (Lipinski definition) is 3. The average Bonchev–Trinajstić information content (AvgIpc) is 2.48. The first kappa shape index (κ1) is 15.2. The fourth-order valence-corrected chi connectivity index (χ4v) is 2.78. The summed E-state index contributed by atoms with van der Waals surface area (Å²) in [7, 11) is 0. The third-order valence-electron chi connectivity index (χ3n) is 4.38. The minimum Gasteiger partial charge on any atom is -0.481 e. The van der Waals surface area contributed by atoms with Gasteiger partial charge in [0.1, 0.15) is 0 Å². The fraction of sp³-hybridized carbons (Fsp3) is 0.278. The molecule has 1 fully saturated rings. The lowest BCUT2D eigenvalue weighted by molar-refractivity contribution is -0.151. The van der Waals surface area contributed by atoms with Crippen LogP contribution in [0.2, 0.25) is 0 Å². The van der Waals surface area contributed by atoms with Crippen molar-refractivity contribution in [1.82, 2.24) is 4.98 Å². The number of aryl methyl sites for hydroxylation is 1. The summed E-state index contributed by atoms with van der Waals surface area (Å²) >= 11 is 0. The van der Waals surface area contributed by atoms with Crippen LogP contribution in [0.1, 0.15) is 18.5 Å². The Kier molecular flexibility index (Phi) is 4.10. The van der Waals surface area contributed by atoms with Gasteiger partial charge in [-0.2, -0.15) is 0 Å². The van der Waals surface area contributed by atoms with E-state index in [4.69, 9.17) is 5.11 Å². The summed E-state index contributed by atoms with van der Waals surface area (Å²) < 4.78 is 0. The zero-order valence-corrected chi connectivity index (χ0v) is 12.8. The SMILES string of the molecule is Cc1ncc(-c2ccccc2)cc1NC(=O)[C@@H]1CC[C@@H]1C(=O)O. The Labute approximate surface area is 134 Å². The topological polar surface area (TPSA) is 79.3 Å². The Morgan fingerprint density at radius 2 is 1.83 bits per heavy atom. The second kappa shape index (κ2) is 6.20. The van der Waals surface area contributed by atoms with Crippen LogP contribution in [0, 0.1) is 18.8 Å². The van der Waals surface area contributed by atoms with Crippen LogP contribution < -0.4 is 5.32 Å². The van der Waals surface area contributed by atoms with Crippen LogP contribution in [0.15, 0.2) is 42.6 Å². The number of pyridine rings is 1. The first-order valence-electron chi connectivity index (χ1n) is 7.62. The summed E-state index contributed by atoms with van der Waals surface area (Å²) in [5.41, 5.74) is 3.27. The summed E-state index contributed by atoms with van der Waals surface area (Å²) in [4.78, 5) is 27.7. The molecule has 1 aromatic carbocycles. The van der Waals surface area contributed by atoms with Crippen LogP contribution in [0.4, 0.5) is 5.69 Å². The predicted octanol–water partition coefficient (Wildman–Crippen LogP) is 3.11. The first-order valence-corrected chi connectivity index (χ1v) is 7.62. The molecule has 1 aliphatic rings. The van der Waals surface area contributed by atoms with Crippen molar-refractivity contribution in [2.75, 3.05) is 5.32 Å². The van der Waals surface area contributed by atoms with E-state index < -0.39 is 17.8 Å². The molecule has 0 aliphatic heterocycles. The van der Waals surface area contributed by atoms with Gasteiger partial charge in [0.05, 0.1) is 23.2 Å². The number of carboxylic acid groups (broad SMARTS) is 1. The maximum Gasteiger partial charge on any atom is 0.307 e. The van der Waals surface area contributed by atoms with Gasteiger partial charge in [0.15, 0.2) is 0 Å². The number of rotatable bonds is 4. The van der Waals surface area contributed by atoms with Crippen LogP contribution in [0.5, 0.6) is 0 Å². The van der Waals surface area contributed by atoms with Crippen molar-refractivity contribution < 1.29 is 14.7 Å². The maximum absolute atomic E-state index is 12.3. The lowest BCUT2D eigenvalue weighted by Gasteiger charge is -2.32. The number of carbonyl (C=O) groups excluding carboxylic acids is 1. The van der Waals surface area contributed by atoms with E-state index in [1.54, 1.807) is 6.20 Å². The summed E-state index contributed by atoms with van der Waals surface area (Å²) in [5.74, 6) is -2.16. The molecule has 2 N–H and O–H groups in total. The van der Waals surface area contributed by atoms with Gasteiger partial charge in [0.2, 0.25) is 5.91 Å². The summed E-state index contributed by atoms with van der Waals surface area (Å²) in [6.07, 6.45) is 2.95. The molecule has 5 nitrogen and oxygen atoms in total. The van der Waals surface area contributed by atoms with Crippen LogP contribution in [-0.2, 0) is 9.59 Å². The number of amides is 1. The zero-order valence-electron chi connectivity index (χ0n) is 12.8. The smallest absolute Gasteiger partial charge is 0.307 e. The maximum atomic E-state index is 12.3. The molecule has 0 saturated heterocycles. The number of hydrogen-bond donors (Lipinski definition) is 2. The summed E-state index contributed by atoms with van der Waals surface area (Å²) in [6.45, 7) is 1.82. The minimum atomic E-state index is -0.899. The van der Waals surface area contributed by atoms with Crippen molar-refractivity contribution in [2.45, 2.75) is 19.8 Å². The van der Waals surface area contributed by atoms with Gasteiger partial charge >= 0.3 is 5.97 Å². The average molecular weight is 310 g/mol. The van der Waals surface area contributed by atoms with Crippen molar-refractivity contribution in [3.8, 4) is 11.1 Å². The van der Waals surface area contributed by atoms with E-state index in [-0.39, 0.29) is 5.91 Å².